The van der Waals surface area contributed by atoms with Crippen LogP contribution in [0.1, 0.15) is 10.8 Å². The maximum Gasteiger partial charge on any atom is 0.263 e. The van der Waals surface area contributed by atoms with E-state index in [1.54, 1.807) is 12.1 Å². The molecule has 2 aromatic heterocycles. The number of hydrogen-bond donors (Lipinski definition) is 1. The van der Waals surface area contributed by atoms with E-state index < -0.39 is 5.25 Å². The molecule has 0 fully saturated rings. The van der Waals surface area contributed by atoms with Crippen LogP contribution in [0.25, 0.3) is 16.7 Å². The Labute approximate surface area is 199 Å². The lowest BCUT2D eigenvalue weighted by atomic mass is 10.1. The van der Waals surface area contributed by atoms with Gasteiger partial charge in [0.25, 0.3) is 5.56 Å². The van der Waals surface area contributed by atoms with Gasteiger partial charge in [0, 0.05) is 12.2 Å². The van der Waals surface area contributed by atoms with E-state index in [4.69, 9.17) is 0 Å². The molecular formula is C26H21N5O2S. The largest absolute Gasteiger partial charge is 0.325 e. The summed E-state index contributed by atoms with van der Waals surface area (Å²) in [5.41, 5.74) is 2.07. The highest BCUT2D eigenvalue weighted by atomic mass is 32.2. The normalized spacial score (nSPS) is 12.0. The molecule has 0 bridgehead atoms. The van der Waals surface area contributed by atoms with Crippen LogP contribution in [0.5, 0.6) is 0 Å². The number of amides is 1. The second-order valence-corrected chi connectivity index (χ2v) is 8.68. The molecule has 0 spiro atoms. The van der Waals surface area contributed by atoms with Crippen molar-refractivity contribution in [3.05, 3.63) is 114 Å². The van der Waals surface area contributed by atoms with Crippen LogP contribution in [0.2, 0.25) is 0 Å². The van der Waals surface area contributed by atoms with Crippen molar-refractivity contribution in [1.29, 1.82) is 0 Å². The average molecular weight is 468 g/mol. The number of fused-ring (bicyclic) bond motifs is 3. The molecule has 7 nitrogen and oxygen atoms in total. The standard InChI is InChI=1S/C26H21N5O2S/c1-2-17-30-24(33)20-15-9-10-16-21(20)31-25(30)28-29-26(31)34-22(18-11-5-3-6-12-18)23(32)27-19-13-7-4-8-14-19/h2-16,22H,1,17H2,(H,27,32). The van der Waals surface area contributed by atoms with Crippen molar-refractivity contribution in [2.45, 2.75) is 17.0 Å². The Morgan fingerprint density at radius 1 is 0.971 bits per heavy atom. The number of nitrogens with zero attached hydrogens (tertiary/aromatic N) is 4. The number of allylic oxidation sites excluding steroid dienone is 1. The Hall–Kier alpha value is -4.17. The first-order valence-corrected chi connectivity index (χ1v) is 11.6. The summed E-state index contributed by atoms with van der Waals surface area (Å²) < 4.78 is 3.37. The SMILES string of the molecule is C=CCn1c(=O)c2ccccc2n2c(SC(C(=O)Nc3ccccc3)c3ccccc3)nnc12. The summed E-state index contributed by atoms with van der Waals surface area (Å²) in [6.07, 6.45) is 1.65. The van der Waals surface area contributed by atoms with Gasteiger partial charge in [0.15, 0.2) is 5.16 Å². The van der Waals surface area contributed by atoms with Crippen molar-refractivity contribution >= 4 is 40.0 Å². The lowest BCUT2D eigenvalue weighted by molar-refractivity contribution is -0.115. The molecule has 0 aliphatic carbocycles. The fourth-order valence-electron chi connectivity index (χ4n) is 3.84. The first-order valence-electron chi connectivity index (χ1n) is 10.7. The topological polar surface area (TPSA) is 81.3 Å². The van der Waals surface area contributed by atoms with Gasteiger partial charge in [-0.05, 0) is 29.8 Å². The third-order valence-corrected chi connectivity index (χ3v) is 6.59. The summed E-state index contributed by atoms with van der Waals surface area (Å²) in [6, 6.07) is 26.2. The second kappa shape index (κ2) is 9.36. The fourth-order valence-corrected chi connectivity index (χ4v) is 4.88. The van der Waals surface area contributed by atoms with E-state index in [9.17, 15) is 9.59 Å². The Kier molecular flexibility index (Phi) is 5.97. The number of para-hydroxylation sites is 2. The fraction of sp³-hybridized carbons (Fsp3) is 0.0769. The van der Waals surface area contributed by atoms with E-state index in [2.05, 4.69) is 22.1 Å². The molecule has 5 aromatic rings. The van der Waals surface area contributed by atoms with Crippen molar-refractivity contribution in [3.63, 3.8) is 0 Å². The lowest BCUT2D eigenvalue weighted by Crippen LogP contribution is -2.23. The van der Waals surface area contributed by atoms with Crippen LogP contribution < -0.4 is 10.9 Å². The molecular weight excluding hydrogens is 446 g/mol. The van der Waals surface area contributed by atoms with Gasteiger partial charge in [-0.2, -0.15) is 0 Å². The van der Waals surface area contributed by atoms with Crippen LogP contribution in [-0.2, 0) is 11.3 Å². The summed E-state index contributed by atoms with van der Waals surface area (Å²) in [4.78, 5) is 26.5. The van der Waals surface area contributed by atoms with Gasteiger partial charge in [-0.15, -0.1) is 16.8 Å². The third-order valence-electron chi connectivity index (χ3n) is 5.39. The molecule has 0 saturated heterocycles. The van der Waals surface area contributed by atoms with Crippen molar-refractivity contribution in [2.75, 3.05) is 5.32 Å². The van der Waals surface area contributed by atoms with Crippen LogP contribution in [0.4, 0.5) is 5.69 Å². The summed E-state index contributed by atoms with van der Waals surface area (Å²) in [5.74, 6) is 0.226. The number of anilines is 1. The van der Waals surface area contributed by atoms with E-state index in [1.165, 1.54) is 16.3 Å². The molecule has 1 atom stereocenters. The van der Waals surface area contributed by atoms with Crippen molar-refractivity contribution in [2.24, 2.45) is 0 Å². The summed E-state index contributed by atoms with van der Waals surface area (Å²) >= 11 is 1.29. The molecule has 0 aliphatic heterocycles. The van der Waals surface area contributed by atoms with Gasteiger partial charge >= 0.3 is 0 Å². The smallest absolute Gasteiger partial charge is 0.263 e. The van der Waals surface area contributed by atoms with Gasteiger partial charge in [-0.3, -0.25) is 18.6 Å². The average Bonchev–Trinajstić information content (AvgIpc) is 3.30. The molecule has 0 saturated carbocycles. The zero-order valence-corrected chi connectivity index (χ0v) is 19.0. The molecule has 1 unspecified atom stereocenters. The van der Waals surface area contributed by atoms with Crippen molar-refractivity contribution in [1.82, 2.24) is 19.2 Å². The first-order chi connectivity index (χ1) is 16.7. The number of aromatic nitrogens is 4. The summed E-state index contributed by atoms with van der Waals surface area (Å²) in [5, 5.41) is 12.2. The number of thioether (sulfide) groups is 1. The maximum atomic E-state index is 13.4. The lowest BCUT2D eigenvalue weighted by Gasteiger charge is -2.17. The van der Waals surface area contributed by atoms with Gasteiger partial charge in [0.2, 0.25) is 11.7 Å². The highest BCUT2D eigenvalue weighted by Crippen LogP contribution is 2.36. The molecule has 1 amide bonds. The van der Waals surface area contributed by atoms with E-state index in [0.717, 1.165) is 5.56 Å². The van der Waals surface area contributed by atoms with Crippen LogP contribution in [-0.4, -0.2) is 25.1 Å². The number of rotatable bonds is 7. The molecule has 168 valence electrons. The second-order valence-electron chi connectivity index (χ2n) is 7.60. The minimum absolute atomic E-state index is 0.159. The number of benzene rings is 3. The molecule has 3 aromatic carbocycles. The van der Waals surface area contributed by atoms with Gasteiger partial charge in [0.1, 0.15) is 5.25 Å². The van der Waals surface area contributed by atoms with Crippen molar-refractivity contribution < 1.29 is 4.79 Å². The molecule has 2 heterocycles. The predicted molar refractivity (Wildman–Crippen MR) is 135 cm³/mol. The molecule has 5 rings (SSSR count). The summed E-state index contributed by atoms with van der Waals surface area (Å²) in [7, 11) is 0. The van der Waals surface area contributed by atoms with E-state index in [1.807, 2.05) is 83.3 Å². The number of hydrogen-bond acceptors (Lipinski definition) is 5. The molecule has 34 heavy (non-hydrogen) atoms. The van der Waals surface area contributed by atoms with Gasteiger partial charge in [-0.25, -0.2) is 0 Å². The van der Waals surface area contributed by atoms with Gasteiger partial charge < -0.3 is 5.32 Å². The van der Waals surface area contributed by atoms with Crippen LogP contribution in [0, 0.1) is 0 Å². The Morgan fingerprint density at radius 2 is 1.65 bits per heavy atom. The maximum absolute atomic E-state index is 13.4. The minimum atomic E-state index is -0.590. The van der Waals surface area contributed by atoms with Gasteiger partial charge in [0.05, 0.1) is 10.9 Å². The Balaban J connectivity index is 1.63. The van der Waals surface area contributed by atoms with E-state index in [0.29, 0.717) is 34.1 Å². The molecule has 0 aliphatic rings. The highest BCUT2D eigenvalue weighted by Gasteiger charge is 2.26. The first kappa shape index (κ1) is 21.7. The summed E-state index contributed by atoms with van der Waals surface area (Å²) in [6.45, 7) is 4.06. The molecule has 8 heteroatoms. The zero-order valence-electron chi connectivity index (χ0n) is 18.2. The van der Waals surface area contributed by atoms with Crippen LogP contribution in [0.3, 0.4) is 0 Å². The van der Waals surface area contributed by atoms with Crippen molar-refractivity contribution in [3.8, 4) is 0 Å². The van der Waals surface area contributed by atoms with Gasteiger partial charge in [-0.1, -0.05) is 78.5 Å². The molecule has 1 N–H and O–H groups in total. The number of carbonyl (C=O) groups excluding carboxylic acids is 1. The Morgan fingerprint density at radius 3 is 2.38 bits per heavy atom. The molecule has 0 radical (unpaired) electrons. The van der Waals surface area contributed by atoms with E-state index >= 15 is 0 Å². The van der Waals surface area contributed by atoms with Crippen LogP contribution in [0.15, 0.2) is 108 Å². The van der Waals surface area contributed by atoms with E-state index in [-0.39, 0.29) is 11.5 Å². The Bertz CT molecular complexity index is 1540. The predicted octanol–water partition coefficient (Wildman–Crippen LogP) is 4.70. The zero-order chi connectivity index (χ0) is 23.5. The van der Waals surface area contributed by atoms with Crippen LogP contribution >= 0.6 is 11.8 Å². The quantitative estimate of drug-likeness (QED) is 0.277. The highest BCUT2D eigenvalue weighted by molar-refractivity contribution is 8.00. The third kappa shape index (κ3) is 3.99. The number of nitrogens with one attached hydrogen (secondary N) is 1. The monoisotopic (exact) mass is 467 g/mol. The number of carbonyl (C=O) groups is 1. The minimum Gasteiger partial charge on any atom is -0.325 e.